The van der Waals surface area contributed by atoms with Gasteiger partial charge in [-0.3, -0.25) is 9.59 Å². The Morgan fingerprint density at radius 2 is 2.24 bits per heavy atom. The molecule has 1 saturated heterocycles. The summed E-state index contributed by atoms with van der Waals surface area (Å²) >= 11 is 5.92. The van der Waals surface area contributed by atoms with Crippen LogP contribution in [0, 0.1) is 0 Å². The first-order valence-corrected chi connectivity index (χ1v) is 6.93. The molecule has 21 heavy (non-hydrogen) atoms. The molecule has 1 aliphatic heterocycles. The molecule has 2 atom stereocenters. The van der Waals surface area contributed by atoms with Crippen molar-refractivity contribution in [3.8, 4) is 0 Å². The zero-order valence-electron chi connectivity index (χ0n) is 11.4. The van der Waals surface area contributed by atoms with Gasteiger partial charge in [-0.1, -0.05) is 11.6 Å². The van der Waals surface area contributed by atoms with E-state index in [0.29, 0.717) is 17.3 Å². The van der Waals surface area contributed by atoms with E-state index in [1.165, 1.54) is 4.90 Å². The number of likely N-dealkylation sites (tertiary alicyclic amines) is 1. The summed E-state index contributed by atoms with van der Waals surface area (Å²) in [4.78, 5) is 28.7. The Kier molecular flexibility index (Phi) is 3.35. The number of nitrogens with zero attached hydrogens (tertiary/aromatic N) is 1. The minimum Gasteiger partial charge on any atom is -0.351 e. The first kappa shape index (κ1) is 13.9. The van der Waals surface area contributed by atoms with E-state index in [2.05, 4.69) is 10.3 Å². The third-order valence-electron chi connectivity index (χ3n) is 3.67. The fourth-order valence-corrected chi connectivity index (χ4v) is 2.73. The summed E-state index contributed by atoms with van der Waals surface area (Å²) in [5.74, 6) is -0.526. The Hall–Kier alpha value is -2.05. The van der Waals surface area contributed by atoms with Gasteiger partial charge in [-0.25, -0.2) is 0 Å². The van der Waals surface area contributed by atoms with Gasteiger partial charge in [-0.2, -0.15) is 0 Å². The zero-order valence-corrected chi connectivity index (χ0v) is 12.1. The number of H-pyrrole nitrogens is 1. The maximum atomic E-state index is 12.3. The van der Waals surface area contributed by atoms with Crippen LogP contribution in [-0.4, -0.2) is 47.4 Å². The minimum atomic E-state index is -0.683. The van der Waals surface area contributed by atoms with Crippen molar-refractivity contribution in [1.82, 2.24) is 15.2 Å². The Morgan fingerprint density at radius 3 is 2.90 bits per heavy atom. The molecule has 0 aliphatic carbocycles. The summed E-state index contributed by atoms with van der Waals surface area (Å²) in [6.07, 6.45) is 0. The fraction of sp³-hybridized carbons (Fsp3) is 0.286. The molecule has 6 nitrogen and oxygen atoms in total. The molecule has 4 N–H and O–H groups in total. The predicted molar refractivity (Wildman–Crippen MR) is 80.2 cm³/mol. The lowest BCUT2D eigenvalue weighted by Gasteiger charge is -2.13. The number of carbonyl (C=O) groups is 2. The van der Waals surface area contributed by atoms with Crippen LogP contribution in [0.3, 0.4) is 0 Å². The first-order chi connectivity index (χ1) is 9.95. The number of aromatic amines is 1. The second-order valence-electron chi connectivity index (χ2n) is 5.25. The number of halogens is 1. The van der Waals surface area contributed by atoms with Crippen LogP contribution in [0.25, 0.3) is 10.9 Å². The molecule has 0 radical (unpaired) electrons. The van der Waals surface area contributed by atoms with E-state index in [1.807, 2.05) is 0 Å². The molecule has 1 fully saturated rings. The second-order valence-corrected chi connectivity index (χ2v) is 5.68. The number of rotatable bonds is 2. The van der Waals surface area contributed by atoms with Gasteiger partial charge in [0.2, 0.25) is 5.91 Å². The van der Waals surface area contributed by atoms with E-state index in [0.717, 1.165) is 10.9 Å². The van der Waals surface area contributed by atoms with Crippen molar-refractivity contribution in [2.75, 3.05) is 13.6 Å². The fourth-order valence-electron chi connectivity index (χ4n) is 2.55. The van der Waals surface area contributed by atoms with Gasteiger partial charge in [0.15, 0.2) is 0 Å². The van der Waals surface area contributed by atoms with E-state index < -0.39 is 12.1 Å². The quantitative estimate of drug-likeness (QED) is 0.763. The molecule has 110 valence electrons. The number of amides is 2. The van der Waals surface area contributed by atoms with Gasteiger partial charge in [0.25, 0.3) is 5.91 Å². The minimum absolute atomic E-state index is 0.171. The maximum absolute atomic E-state index is 12.3. The van der Waals surface area contributed by atoms with E-state index in [9.17, 15) is 9.59 Å². The molecule has 0 saturated carbocycles. The second kappa shape index (κ2) is 5.05. The Morgan fingerprint density at radius 1 is 1.48 bits per heavy atom. The molecule has 2 heterocycles. The van der Waals surface area contributed by atoms with Gasteiger partial charge in [-0.15, -0.1) is 0 Å². The predicted octanol–water partition coefficient (Wildman–Crippen LogP) is 0.719. The van der Waals surface area contributed by atoms with E-state index in [1.54, 1.807) is 31.3 Å². The molecular weight excluding hydrogens is 292 g/mol. The van der Waals surface area contributed by atoms with E-state index >= 15 is 0 Å². The maximum Gasteiger partial charge on any atom is 0.268 e. The largest absolute Gasteiger partial charge is 0.351 e. The van der Waals surface area contributed by atoms with Crippen molar-refractivity contribution in [3.05, 3.63) is 35.0 Å². The van der Waals surface area contributed by atoms with Gasteiger partial charge in [0.05, 0.1) is 6.04 Å². The van der Waals surface area contributed by atoms with E-state index in [-0.39, 0.29) is 11.8 Å². The zero-order chi connectivity index (χ0) is 15.1. The summed E-state index contributed by atoms with van der Waals surface area (Å²) in [5, 5.41) is 4.12. The third-order valence-corrected chi connectivity index (χ3v) is 3.90. The monoisotopic (exact) mass is 306 g/mol. The van der Waals surface area contributed by atoms with E-state index in [4.69, 9.17) is 17.3 Å². The highest BCUT2D eigenvalue weighted by Crippen LogP contribution is 2.20. The average Bonchev–Trinajstić information content (AvgIpc) is 2.95. The number of likely N-dealkylation sites (N-methyl/N-ethyl adjacent to an activating group) is 1. The van der Waals surface area contributed by atoms with Crippen LogP contribution in [0.4, 0.5) is 0 Å². The van der Waals surface area contributed by atoms with Crippen molar-refractivity contribution in [1.29, 1.82) is 0 Å². The lowest BCUT2D eigenvalue weighted by atomic mass is 10.1. The molecular formula is C14H15ClN4O2. The Labute approximate surface area is 126 Å². The topological polar surface area (TPSA) is 91.2 Å². The highest BCUT2D eigenvalue weighted by molar-refractivity contribution is 6.31. The van der Waals surface area contributed by atoms with Crippen molar-refractivity contribution >= 4 is 34.3 Å². The van der Waals surface area contributed by atoms with Crippen LogP contribution in [0.5, 0.6) is 0 Å². The number of fused-ring (bicyclic) bond motifs is 1. The highest BCUT2D eigenvalue weighted by Gasteiger charge is 2.37. The Balaban J connectivity index is 1.82. The molecule has 0 unspecified atom stereocenters. The van der Waals surface area contributed by atoms with Gasteiger partial charge >= 0.3 is 0 Å². The average molecular weight is 307 g/mol. The van der Waals surface area contributed by atoms with Gasteiger partial charge in [-0.05, 0) is 24.3 Å². The lowest BCUT2D eigenvalue weighted by molar-refractivity contribution is -0.128. The van der Waals surface area contributed by atoms with Crippen LogP contribution < -0.4 is 11.1 Å². The summed E-state index contributed by atoms with van der Waals surface area (Å²) in [6, 6.07) is 5.93. The summed E-state index contributed by atoms with van der Waals surface area (Å²) < 4.78 is 0. The molecule has 0 spiro atoms. The van der Waals surface area contributed by atoms with Crippen LogP contribution >= 0.6 is 11.6 Å². The number of hydrogen-bond acceptors (Lipinski definition) is 3. The highest BCUT2D eigenvalue weighted by atomic mass is 35.5. The molecule has 2 amide bonds. The van der Waals surface area contributed by atoms with Crippen LogP contribution in [0.1, 0.15) is 10.5 Å². The number of hydrogen-bond donors (Lipinski definition) is 3. The molecule has 3 rings (SSSR count). The molecule has 1 aliphatic rings. The number of nitrogens with two attached hydrogens (primary N) is 1. The van der Waals surface area contributed by atoms with Crippen molar-refractivity contribution in [2.45, 2.75) is 12.1 Å². The molecule has 0 bridgehead atoms. The normalized spacial score (nSPS) is 22.0. The number of aromatic nitrogens is 1. The first-order valence-electron chi connectivity index (χ1n) is 6.55. The summed E-state index contributed by atoms with van der Waals surface area (Å²) in [7, 11) is 1.67. The smallest absolute Gasteiger partial charge is 0.268 e. The number of carbonyl (C=O) groups excluding carboxylic acids is 2. The lowest BCUT2D eigenvalue weighted by Crippen LogP contribution is -2.49. The van der Waals surface area contributed by atoms with Gasteiger partial charge in [0, 0.05) is 29.5 Å². The molecule has 7 heteroatoms. The van der Waals surface area contributed by atoms with Gasteiger partial charge < -0.3 is 20.9 Å². The third kappa shape index (κ3) is 2.48. The van der Waals surface area contributed by atoms with Crippen LogP contribution in [0.15, 0.2) is 24.3 Å². The number of nitrogens with one attached hydrogen (secondary N) is 2. The molecule has 2 aromatic rings. The van der Waals surface area contributed by atoms with Crippen LogP contribution in [-0.2, 0) is 4.79 Å². The van der Waals surface area contributed by atoms with Crippen molar-refractivity contribution in [2.24, 2.45) is 5.73 Å². The SMILES string of the molecule is CN1C[C@@H](N)[C@H](NC(=O)c2cc3cc(Cl)ccc3[nH]2)C1=O. The molecule has 1 aromatic heterocycles. The Bertz CT molecular complexity index is 727. The van der Waals surface area contributed by atoms with Crippen molar-refractivity contribution in [3.63, 3.8) is 0 Å². The summed E-state index contributed by atoms with van der Waals surface area (Å²) in [6.45, 7) is 0.437. The summed E-state index contributed by atoms with van der Waals surface area (Å²) in [5.41, 5.74) is 7.06. The molecule has 1 aromatic carbocycles. The standard InChI is InChI=1S/C14H15ClN4O2/c1-19-6-9(16)12(14(19)21)18-13(20)11-5-7-4-8(15)2-3-10(7)17-11/h2-5,9,12,17H,6,16H2,1H3,(H,18,20)/t9-,12+/m1/s1. The van der Waals surface area contributed by atoms with Gasteiger partial charge in [0.1, 0.15) is 11.7 Å². The van der Waals surface area contributed by atoms with Crippen molar-refractivity contribution < 1.29 is 9.59 Å². The van der Waals surface area contributed by atoms with Crippen LogP contribution in [0.2, 0.25) is 5.02 Å². The number of benzene rings is 1.